The number of hydrogen-bond donors (Lipinski definition) is 1. The van der Waals surface area contributed by atoms with E-state index in [0.717, 1.165) is 31.4 Å². The van der Waals surface area contributed by atoms with Crippen molar-refractivity contribution in [3.63, 3.8) is 0 Å². The quantitative estimate of drug-likeness (QED) is 0.838. The predicted molar refractivity (Wildman–Crippen MR) is 97.4 cm³/mol. The van der Waals surface area contributed by atoms with Crippen molar-refractivity contribution in [2.75, 3.05) is 39.5 Å². The van der Waals surface area contributed by atoms with Crippen molar-refractivity contribution in [1.29, 1.82) is 0 Å². The number of piperidine rings is 1. The van der Waals surface area contributed by atoms with Gasteiger partial charge in [-0.15, -0.1) is 0 Å². The van der Waals surface area contributed by atoms with Gasteiger partial charge in [0.25, 0.3) is 0 Å². The number of ether oxygens (including phenoxy) is 3. The van der Waals surface area contributed by atoms with Crippen LogP contribution in [0.4, 0.5) is 4.79 Å². The van der Waals surface area contributed by atoms with Gasteiger partial charge in [0.1, 0.15) is 12.4 Å². The van der Waals surface area contributed by atoms with Crippen LogP contribution in [0.5, 0.6) is 5.75 Å². The van der Waals surface area contributed by atoms with Crippen molar-refractivity contribution in [1.82, 2.24) is 10.2 Å². The van der Waals surface area contributed by atoms with Gasteiger partial charge >= 0.3 is 6.03 Å². The number of carbonyl (C=O) groups excluding carboxylic acids is 1. The fourth-order valence-corrected chi connectivity index (χ4v) is 4.15. The minimum absolute atomic E-state index is 0.0310. The summed E-state index contributed by atoms with van der Waals surface area (Å²) in [5.41, 5.74) is 2.76. The third-order valence-corrected chi connectivity index (χ3v) is 5.61. The number of carbonyl (C=O) groups is 1. The number of nitrogens with zero attached hydrogens (tertiary/aromatic N) is 1. The number of likely N-dealkylation sites (tertiary alicyclic amines) is 1. The van der Waals surface area contributed by atoms with E-state index in [1.54, 1.807) is 0 Å². The summed E-state index contributed by atoms with van der Waals surface area (Å²) in [6.45, 7) is 3.65. The van der Waals surface area contributed by atoms with Gasteiger partial charge in [-0.3, -0.25) is 0 Å². The molecule has 4 rings (SSSR count). The molecule has 1 spiro atoms. The molecule has 0 saturated carbocycles. The standard InChI is InChI=1S/C20H28N2O4/c23-19(22-11-8-20(9-12-22)25-14-15-26-20)21-10-13-24-18-7-3-5-16-4-1-2-6-17(16)18/h3,5,7H,1-2,4,6,8-15H2,(H,21,23). The van der Waals surface area contributed by atoms with Gasteiger partial charge in [0, 0.05) is 25.9 Å². The molecule has 2 saturated heterocycles. The van der Waals surface area contributed by atoms with Crippen molar-refractivity contribution < 1.29 is 19.0 Å². The number of benzene rings is 1. The van der Waals surface area contributed by atoms with Crippen molar-refractivity contribution >= 4 is 6.03 Å². The van der Waals surface area contributed by atoms with Crippen LogP contribution in [0.2, 0.25) is 0 Å². The number of aryl methyl sites for hydroxylation is 1. The lowest BCUT2D eigenvalue weighted by Crippen LogP contribution is -2.50. The smallest absolute Gasteiger partial charge is 0.317 e. The van der Waals surface area contributed by atoms with Crippen molar-refractivity contribution in [3.8, 4) is 5.75 Å². The van der Waals surface area contributed by atoms with Crippen molar-refractivity contribution in [2.24, 2.45) is 0 Å². The molecular weight excluding hydrogens is 332 g/mol. The van der Waals surface area contributed by atoms with E-state index in [2.05, 4.69) is 17.4 Å². The summed E-state index contributed by atoms with van der Waals surface area (Å²) < 4.78 is 17.3. The lowest BCUT2D eigenvalue weighted by Gasteiger charge is -2.37. The van der Waals surface area contributed by atoms with E-state index in [-0.39, 0.29) is 6.03 Å². The molecule has 1 aliphatic carbocycles. The molecule has 2 fully saturated rings. The highest BCUT2D eigenvalue weighted by atomic mass is 16.7. The zero-order valence-corrected chi connectivity index (χ0v) is 15.3. The summed E-state index contributed by atoms with van der Waals surface area (Å²) in [5, 5.41) is 2.96. The van der Waals surface area contributed by atoms with Crippen molar-refractivity contribution in [3.05, 3.63) is 29.3 Å². The number of nitrogens with one attached hydrogen (secondary N) is 1. The van der Waals surface area contributed by atoms with Gasteiger partial charge < -0.3 is 24.4 Å². The first-order valence-corrected chi connectivity index (χ1v) is 9.80. The average molecular weight is 360 g/mol. The Morgan fingerprint density at radius 1 is 1.15 bits per heavy atom. The van der Waals surface area contributed by atoms with E-state index >= 15 is 0 Å². The topological polar surface area (TPSA) is 60.0 Å². The number of urea groups is 1. The first-order valence-electron chi connectivity index (χ1n) is 9.80. The predicted octanol–water partition coefficient (Wildman–Crippen LogP) is 2.49. The first kappa shape index (κ1) is 17.6. The van der Waals surface area contributed by atoms with Crippen molar-refractivity contribution in [2.45, 2.75) is 44.3 Å². The maximum atomic E-state index is 12.3. The second-order valence-electron chi connectivity index (χ2n) is 7.28. The Kier molecular flexibility index (Phi) is 5.31. The molecule has 6 heteroatoms. The lowest BCUT2D eigenvalue weighted by molar-refractivity contribution is -0.181. The van der Waals surface area contributed by atoms with Gasteiger partial charge in [0.15, 0.2) is 5.79 Å². The van der Waals surface area contributed by atoms with Crippen LogP contribution >= 0.6 is 0 Å². The third kappa shape index (κ3) is 3.81. The SMILES string of the molecule is O=C(NCCOc1cccc2c1CCCC2)N1CCC2(CC1)OCCO2. The van der Waals surface area contributed by atoms with Crippen LogP contribution < -0.4 is 10.1 Å². The average Bonchev–Trinajstić information content (AvgIpc) is 3.13. The molecule has 0 radical (unpaired) electrons. The molecule has 0 atom stereocenters. The highest BCUT2D eigenvalue weighted by Gasteiger charge is 2.40. The second-order valence-corrected chi connectivity index (χ2v) is 7.28. The molecule has 0 aromatic heterocycles. The van der Waals surface area contributed by atoms with Crippen LogP contribution in [0, 0.1) is 0 Å². The molecule has 2 amide bonds. The maximum Gasteiger partial charge on any atom is 0.317 e. The molecule has 2 heterocycles. The summed E-state index contributed by atoms with van der Waals surface area (Å²) in [7, 11) is 0. The fraction of sp³-hybridized carbons (Fsp3) is 0.650. The normalized spacial score (nSPS) is 21.5. The molecule has 6 nitrogen and oxygen atoms in total. The highest BCUT2D eigenvalue weighted by molar-refractivity contribution is 5.74. The van der Waals surface area contributed by atoms with E-state index in [9.17, 15) is 4.79 Å². The van der Waals surface area contributed by atoms with Crippen LogP contribution in [-0.2, 0) is 22.3 Å². The van der Waals surface area contributed by atoms with Crippen LogP contribution in [0.25, 0.3) is 0 Å². The summed E-state index contributed by atoms with van der Waals surface area (Å²) in [5.74, 6) is 0.540. The Balaban J connectivity index is 1.20. The van der Waals surface area contributed by atoms with Gasteiger partial charge in [-0.2, -0.15) is 0 Å². The molecule has 3 aliphatic rings. The van der Waals surface area contributed by atoms with E-state index < -0.39 is 5.79 Å². The Hall–Kier alpha value is -1.79. The fourth-order valence-electron chi connectivity index (χ4n) is 4.15. The minimum atomic E-state index is -0.438. The zero-order valence-electron chi connectivity index (χ0n) is 15.3. The van der Waals surface area contributed by atoms with Gasteiger partial charge in [-0.05, 0) is 42.9 Å². The zero-order chi connectivity index (χ0) is 17.8. The minimum Gasteiger partial charge on any atom is -0.491 e. The summed E-state index contributed by atoms with van der Waals surface area (Å²) in [4.78, 5) is 14.2. The molecular formula is C20H28N2O4. The number of hydrogen-bond acceptors (Lipinski definition) is 4. The Morgan fingerprint density at radius 3 is 2.73 bits per heavy atom. The van der Waals surface area contributed by atoms with Crippen LogP contribution in [0.1, 0.15) is 36.8 Å². The highest BCUT2D eigenvalue weighted by Crippen LogP contribution is 2.31. The third-order valence-electron chi connectivity index (χ3n) is 5.61. The van der Waals surface area contributed by atoms with E-state index in [4.69, 9.17) is 14.2 Å². The van der Waals surface area contributed by atoms with Gasteiger partial charge in [0.2, 0.25) is 0 Å². The number of rotatable bonds is 4. The molecule has 0 unspecified atom stereocenters. The number of amides is 2. The van der Waals surface area contributed by atoms with Gasteiger partial charge in [0.05, 0.1) is 19.8 Å². The molecule has 1 N–H and O–H groups in total. The molecule has 2 aliphatic heterocycles. The van der Waals surface area contributed by atoms with E-state index in [0.29, 0.717) is 39.5 Å². The van der Waals surface area contributed by atoms with E-state index in [1.807, 2.05) is 11.0 Å². The lowest BCUT2D eigenvalue weighted by atomic mass is 9.91. The molecule has 26 heavy (non-hydrogen) atoms. The summed E-state index contributed by atoms with van der Waals surface area (Å²) in [6, 6.07) is 6.27. The van der Waals surface area contributed by atoms with Crippen LogP contribution in [-0.4, -0.2) is 56.2 Å². The second kappa shape index (κ2) is 7.84. The summed E-state index contributed by atoms with van der Waals surface area (Å²) >= 11 is 0. The monoisotopic (exact) mass is 360 g/mol. The van der Waals surface area contributed by atoms with Crippen LogP contribution in [0.15, 0.2) is 18.2 Å². The van der Waals surface area contributed by atoms with Gasteiger partial charge in [-0.1, -0.05) is 12.1 Å². The molecule has 1 aromatic rings. The number of fused-ring (bicyclic) bond motifs is 1. The largest absolute Gasteiger partial charge is 0.491 e. The molecule has 1 aromatic carbocycles. The first-order chi connectivity index (χ1) is 12.8. The van der Waals surface area contributed by atoms with E-state index in [1.165, 1.54) is 24.0 Å². The Bertz CT molecular complexity index is 633. The Labute approximate surface area is 154 Å². The molecule has 142 valence electrons. The van der Waals surface area contributed by atoms with Crippen LogP contribution in [0.3, 0.4) is 0 Å². The summed E-state index contributed by atoms with van der Waals surface area (Å²) in [6.07, 6.45) is 6.22. The molecule has 0 bridgehead atoms. The Morgan fingerprint density at radius 2 is 1.92 bits per heavy atom. The van der Waals surface area contributed by atoms with Gasteiger partial charge in [-0.25, -0.2) is 4.79 Å². The maximum absolute atomic E-state index is 12.3.